The average Bonchev–Trinajstić information content (AvgIpc) is 2.39. The van der Waals surface area contributed by atoms with Gasteiger partial charge in [-0.05, 0) is 67.2 Å². The molecule has 5 aliphatic rings. The van der Waals surface area contributed by atoms with Gasteiger partial charge in [-0.3, -0.25) is 4.90 Å². The summed E-state index contributed by atoms with van der Waals surface area (Å²) in [6, 6.07) is 0. The van der Waals surface area contributed by atoms with E-state index in [9.17, 15) is 0 Å². The molecule has 0 radical (unpaired) electrons. The van der Waals surface area contributed by atoms with Crippen LogP contribution in [0.3, 0.4) is 0 Å². The van der Waals surface area contributed by atoms with E-state index in [0.717, 1.165) is 10.8 Å². The quantitative estimate of drug-likeness (QED) is 0.716. The lowest BCUT2D eigenvalue weighted by Crippen LogP contribution is -2.85. The van der Waals surface area contributed by atoms with Crippen molar-refractivity contribution in [1.82, 2.24) is 15.5 Å². The number of hydrogen-bond donors (Lipinski definition) is 2. The van der Waals surface area contributed by atoms with Crippen LogP contribution in [-0.4, -0.2) is 50.7 Å². The Bertz CT molecular complexity index is 376. The van der Waals surface area contributed by atoms with Crippen LogP contribution in [0.25, 0.3) is 0 Å². The van der Waals surface area contributed by atoms with E-state index in [1.807, 2.05) is 0 Å². The lowest BCUT2D eigenvalue weighted by Gasteiger charge is -2.92. The van der Waals surface area contributed by atoms with Gasteiger partial charge in [-0.2, -0.15) is 0 Å². The first-order chi connectivity index (χ1) is 9.85. The average molecular weight is 275 g/mol. The van der Waals surface area contributed by atoms with Gasteiger partial charge in [-0.1, -0.05) is 0 Å². The zero-order valence-electron chi connectivity index (χ0n) is 12.7. The van der Waals surface area contributed by atoms with Crippen LogP contribution < -0.4 is 10.6 Å². The van der Waals surface area contributed by atoms with Crippen molar-refractivity contribution in [2.75, 3.05) is 45.8 Å². The maximum Gasteiger partial charge on any atom is 0.0108 e. The zero-order chi connectivity index (χ0) is 13.2. The summed E-state index contributed by atoms with van der Waals surface area (Å²) in [7, 11) is 0. The molecule has 1 saturated heterocycles. The molecule has 3 heteroatoms. The van der Waals surface area contributed by atoms with Crippen molar-refractivity contribution in [3.8, 4) is 0 Å². The molecule has 2 unspecified atom stereocenters. The van der Waals surface area contributed by atoms with Gasteiger partial charge in [0.1, 0.15) is 0 Å². The maximum absolute atomic E-state index is 3.74. The summed E-state index contributed by atoms with van der Waals surface area (Å²) in [5, 5.41) is 7.16. The Hall–Kier alpha value is -0.120. The van der Waals surface area contributed by atoms with Crippen LogP contribution in [0.4, 0.5) is 0 Å². The van der Waals surface area contributed by atoms with Gasteiger partial charge in [0, 0.05) is 39.3 Å². The molecule has 20 heavy (non-hydrogen) atoms. The van der Waals surface area contributed by atoms with Crippen LogP contribution in [0, 0.1) is 28.6 Å². The molecular weight excluding hydrogens is 246 g/mol. The van der Waals surface area contributed by atoms with E-state index in [4.69, 9.17) is 0 Å². The van der Waals surface area contributed by atoms with Gasteiger partial charge in [-0.15, -0.1) is 0 Å². The minimum Gasteiger partial charge on any atom is -0.315 e. The van der Waals surface area contributed by atoms with Crippen molar-refractivity contribution >= 4 is 0 Å². The summed E-state index contributed by atoms with van der Waals surface area (Å²) in [6.45, 7) is 8.54. The third kappa shape index (κ3) is 1.33. The van der Waals surface area contributed by atoms with E-state index < -0.39 is 0 Å². The molecule has 112 valence electrons. The molecule has 0 aromatic rings. The first kappa shape index (κ1) is 12.4. The molecule has 1 heterocycles. The van der Waals surface area contributed by atoms with Gasteiger partial charge in [0.2, 0.25) is 0 Å². The van der Waals surface area contributed by atoms with E-state index >= 15 is 0 Å². The second kappa shape index (κ2) is 4.21. The van der Waals surface area contributed by atoms with E-state index in [1.54, 1.807) is 25.7 Å². The van der Waals surface area contributed by atoms with E-state index in [0.29, 0.717) is 0 Å². The molecule has 4 saturated carbocycles. The van der Waals surface area contributed by atoms with Crippen LogP contribution >= 0.6 is 0 Å². The number of nitrogens with one attached hydrogen (secondary N) is 2. The standard InChI is InChI=1S/C17H29N3/c1(2-18-3-6-20-7-4-19-5-8-20)16-11-14-9-13-10-15(12-16)17(13,14)16/h13-15,18-19H,1-12H2. The fourth-order valence-corrected chi connectivity index (χ4v) is 7.21. The fraction of sp³-hybridized carbons (Fsp3) is 1.00. The highest BCUT2D eigenvalue weighted by atomic mass is 15.2. The highest BCUT2D eigenvalue weighted by molar-refractivity contribution is 5.35. The minimum absolute atomic E-state index is 0.839. The molecule has 0 bridgehead atoms. The largest absolute Gasteiger partial charge is 0.315 e. The molecule has 0 aromatic heterocycles. The summed E-state index contributed by atoms with van der Waals surface area (Å²) in [6.07, 6.45) is 7.89. The molecule has 5 fully saturated rings. The first-order valence-corrected chi connectivity index (χ1v) is 8.99. The summed E-state index contributed by atoms with van der Waals surface area (Å²) >= 11 is 0. The van der Waals surface area contributed by atoms with E-state index in [-0.39, 0.29) is 0 Å². The van der Waals surface area contributed by atoms with Crippen LogP contribution in [0.15, 0.2) is 0 Å². The smallest absolute Gasteiger partial charge is 0.0108 e. The predicted octanol–water partition coefficient (Wildman–Crippen LogP) is 1.31. The Balaban J connectivity index is 1.04. The van der Waals surface area contributed by atoms with Crippen molar-refractivity contribution in [3.63, 3.8) is 0 Å². The Kier molecular flexibility index (Phi) is 2.61. The van der Waals surface area contributed by atoms with Crippen LogP contribution in [0.5, 0.6) is 0 Å². The molecule has 1 spiro atoms. The summed E-state index contributed by atoms with van der Waals surface area (Å²) in [5.41, 5.74) is 1.78. The number of nitrogens with zero attached hydrogens (tertiary/aromatic N) is 1. The SMILES string of the molecule is C1CN(CCNCCC23CC4CC5CC(C2)C543)CCN1. The number of rotatable bonds is 6. The zero-order valence-corrected chi connectivity index (χ0v) is 12.7. The third-order valence-electron chi connectivity index (χ3n) is 7.95. The Morgan fingerprint density at radius 2 is 1.75 bits per heavy atom. The molecule has 0 aromatic carbocycles. The lowest BCUT2D eigenvalue weighted by molar-refractivity contribution is -0.433. The molecule has 0 amide bonds. The van der Waals surface area contributed by atoms with Gasteiger partial charge in [0.25, 0.3) is 0 Å². The van der Waals surface area contributed by atoms with Crippen molar-refractivity contribution in [3.05, 3.63) is 0 Å². The monoisotopic (exact) mass is 275 g/mol. The molecular formula is C17H29N3. The Labute approximate surface area is 122 Å². The second-order valence-electron chi connectivity index (χ2n) is 8.28. The first-order valence-electron chi connectivity index (χ1n) is 8.99. The predicted molar refractivity (Wildman–Crippen MR) is 80.6 cm³/mol. The highest BCUT2D eigenvalue weighted by Gasteiger charge is 2.86. The topological polar surface area (TPSA) is 27.3 Å². The summed E-state index contributed by atoms with van der Waals surface area (Å²) < 4.78 is 0. The lowest BCUT2D eigenvalue weighted by atomic mass is 9.13. The molecule has 3 nitrogen and oxygen atoms in total. The van der Waals surface area contributed by atoms with E-state index in [2.05, 4.69) is 15.5 Å². The highest BCUT2D eigenvalue weighted by Crippen LogP contribution is 2.93. The van der Waals surface area contributed by atoms with Crippen molar-refractivity contribution < 1.29 is 0 Å². The Morgan fingerprint density at radius 1 is 1.00 bits per heavy atom. The van der Waals surface area contributed by atoms with Crippen molar-refractivity contribution in [1.29, 1.82) is 0 Å². The fourth-order valence-electron chi connectivity index (χ4n) is 7.21. The molecule has 4 aliphatic carbocycles. The van der Waals surface area contributed by atoms with Crippen molar-refractivity contribution in [2.24, 2.45) is 28.6 Å². The Morgan fingerprint density at radius 3 is 2.40 bits per heavy atom. The van der Waals surface area contributed by atoms with Gasteiger partial charge >= 0.3 is 0 Å². The summed E-state index contributed by atoms with van der Waals surface area (Å²) in [5.74, 6) is 3.54. The molecule has 2 atom stereocenters. The van der Waals surface area contributed by atoms with Crippen LogP contribution in [0.2, 0.25) is 0 Å². The number of piperazine rings is 1. The van der Waals surface area contributed by atoms with E-state index in [1.165, 1.54) is 70.0 Å². The van der Waals surface area contributed by atoms with Gasteiger partial charge < -0.3 is 10.6 Å². The van der Waals surface area contributed by atoms with Crippen LogP contribution in [-0.2, 0) is 0 Å². The molecule has 1 aliphatic heterocycles. The molecule has 2 N–H and O–H groups in total. The van der Waals surface area contributed by atoms with Gasteiger partial charge in [0.15, 0.2) is 0 Å². The third-order valence-corrected chi connectivity index (χ3v) is 7.95. The maximum atomic E-state index is 3.74. The van der Waals surface area contributed by atoms with Crippen molar-refractivity contribution in [2.45, 2.75) is 32.1 Å². The second-order valence-corrected chi connectivity index (χ2v) is 8.28. The minimum atomic E-state index is 0.839. The summed E-state index contributed by atoms with van der Waals surface area (Å²) in [4.78, 5) is 2.59. The van der Waals surface area contributed by atoms with Gasteiger partial charge in [0.05, 0.1) is 0 Å². The van der Waals surface area contributed by atoms with Crippen LogP contribution in [0.1, 0.15) is 32.1 Å². The molecule has 5 rings (SSSR count). The normalized spacial score (nSPS) is 51.9. The van der Waals surface area contributed by atoms with Gasteiger partial charge in [-0.25, -0.2) is 0 Å². The number of hydrogen-bond acceptors (Lipinski definition) is 3.